The van der Waals surface area contributed by atoms with Crippen LogP contribution < -0.4 is 10.2 Å². The summed E-state index contributed by atoms with van der Waals surface area (Å²) >= 11 is 0. The summed E-state index contributed by atoms with van der Waals surface area (Å²) in [6.45, 7) is 4.18. The SMILES string of the molecule is CN1CCN(c2ccc(C(=O)Nc3cccc4cnccc34)cc2)CC1. The zero-order valence-corrected chi connectivity index (χ0v) is 14.9. The summed E-state index contributed by atoms with van der Waals surface area (Å²) in [5.41, 5.74) is 2.64. The molecule has 132 valence electrons. The number of rotatable bonds is 3. The molecular formula is C21H22N4O. The van der Waals surface area contributed by atoms with E-state index in [0.717, 1.165) is 42.6 Å². The quantitative estimate of drug-likeness (QED) is 0.791. The molecule has 26 heavy (non-hydrogen) atoms. The van der Waals surface area contributed by atoms with Crippen molar-refractivity contribution in [1.29, 1.82) is 0 Å². The Bertz CT molecular complexity index is 909. The number of benzene rings is 2. The molecule has 4 rings (SSSR count). The number of likely N-dealkylation sites (N-methyl/N-ethyl adjacent to an activating group) is 1. The van der Waals surface area contributed by atoms with Crippen LogP contribution >= 0.6 is 0 Å². The van der Waals surface area contributed by atoms with Crippen molar-refractivity contribution in [2.75, 3.05) is 43.4 Å². The molecule has 0 atom stereocenters. The number of carbonyl (C=O) groups excluding carboxylic acids is 1. The molecule has 1 aliphatic heterocycles. The topological polar surface area (TPSA) is 48.5 Å². The highest BCUT2D eigenvalue weighted by molar-refractivity contribution is 6.09. The number of nitrogens with one attached hydrogen (secondary N) is 1. The lowest BCUT2D eigenvalue weighted by Gasteiger charge is -2.34. The standard InChI is InChI=1S/C21H22N4O/c1-24-11-13-25(14-12-24)18-7-5-16(6-8-18)21(26)23-20-4-2-3-17-15-22-10-9-19(17)20/h2-10,15H,11-14H2,1H3,(H,23,26). The van der Waals surface area contributed by atoms with Crippen LogP contribution in [0.2, 0.25) is 0 Å². The molecule has 0 unspecified atom stereocenters. The minimum Gasteiger partial charge on any atom is -0.369 e. The van der Waals surface area contributed by atoms with Crippen molar-refractivity contribution in [3.63, 3.8) is 0 Å². The third-order valence-corrected chi connectivity index (χ3v) is 4.93. The molecule has 3 aromatic rings. The van der Waals surface area contributed by atoms with Crippen LogP contribution in [0, 0.1) is 0 Å². The van der Waals surface area contributed by atoms with Crippen LogP contribution in [0.1, 0.15) is 10.4 Å². The molecule has 1 N–H and O–H groups in total. The van der Waals surface area contributed by atoms with Crippen LogP contribution in [0.4, 0.5) is 11.4 Å². The van der Waals surface area contributed by atoms with E-state index in [1.165, 1.54) is 5.69 Å². The molecule has 0 saturated carbocycles. The Morgan fingerprint density at radius 2 is 1.77 bits per heavy atom. The van der Waals surface area contributed by atoms with Crippen molar-refractivity contribution < 1.29 is 4.79 Å². The van der Waals surface area contributed by atoms with E-state index >= 15 is 0 Å². The highest BCUT2D eigenvalue weighted by Crippen LogP contribution is 2.23. The highest BCUT2D eigenvalue weighted by atomic mass is 16.1. The molecule has 0 bridgehead atoms. The van der Waals surface area contributed by atoms with Crippen LogP contribution in [0.15, 0.2) is 60.9 Å². The number of carbonyl (C=O) groups is 1. The van der Waals surface area contributed by atoms with E-state index in [9.17, 15) is 4.79 Å². The molecule has 0 radical (unpaired) electrons. The number of amides is 1. The predicted octanol–water partition coefficient (Wildman–Crippen LogP) is 3.24. The van der Waals surface area contributed by atoms with Crippen molar-refractivity contribution in [2.24, 2.45) is 0 Å². The number of nitrogens with zero attached hydrogens (tertiary/aromatic N) is 3. The van der Waals surface area contributed by atoms with E-state index in [1.807, 2.05) is 48.5 Å². The fourth-order valence-electron chi connectivity index (χ4n) is 3.31. The van der Waals surface area contributed by atoms with Gasteiger partial charge >= 0.3 is 0 Å². The lowest BCUT2D eigenvalue weighted by Crippen LogP contribution is -2.44. The van der Waals surface area contributed by atoms with Gasteiger partial charge in [-0.3, -0.25) is 9.78 Å². The van der Waals surface area contributed by atoms with Gasteiger partial charge < -0.3 is 15.1 Å². The number of fused-ring (bicyclic) bond motifs is 1. The van der Waals surface area contributed by atoms with Gasteiger partial charge in [-0.15, -0.1) is 0 Å². The number of anilines is 2. The minimum atomic E-state index is -0.0979. The van der Waals surface area contributed by atoms with Gasteiger partial charge in [0.05, 0.1) is 0 Å². The summed E-state index contributed by atoms with van der Waals surface area (Å²) in [6.07, 6.45) is 3.54. The Morgan fingerprint density at radius 1 is 1.00 bits per heavy atom. The van der Waals surface area contributed by atoms with Crippen molar-refractivity contribution in [3.05, 3.63) is 66.5 Å². The minimum absolute atomic E-state index is 0.0979. The molecule has 0 spiro atoms. The van der Waals surface area contributed by atoms with Gasteiger partial charge in [0.25, 0.3) is 5.91 Å². The van der Waals surface area contributed by atoms with Crippen molar-refractivity contribution in [1.82, 2.24) is 9.88 Å². The molecule has 5 nitrogen and oxygen atoms in total. The molecule has 2 aromatic carbocycles. The summed E-state index contributed by atoms with van der Waals surface area (Å²) in [6, 6.07) is 15.6. The lowest BCUT2D eigenvalue weighted by atomic mass is 10.1. The van der Waals surface area contributed by atoms with Gasteiger partial charge in [0, 0.05) is 66.3 Å². The first-order chi connectivity index (χ1) is 12.7. The molecule has 1 aromatic heterocycles. The molecule has 2 heterocycles. The smallest absolute Gasteiger partial charge is 0.255 e. The normalized spacial score (nSPS) is 15.2. The van der Waals surface area contributed by atoms with Crippen LogP contribution in [0.25, 0.3) is 10.8 Å². The average Bonchev–Trinajstić information content (AvgIpc) is 2.69. The van der Waals surface area contributed by atoms with Crippen LogP contribution in [-0.4, -0.2) is 49.0 Å². The number of piperazine rings is 1. The number of aromatic nitrogens is 1. The zero-order valence-electron chi connectivity index (χ0n) is 14.9. The van der Waals surface area contributed by atoms with Crippen molar-refractivity contribution >= 4 is 28.1 Å². The van der Waals surface area contributed by atoms with E-state index in [1.54, 1.807) is 12.4 Å². The zero-order chi connectivity index (χ0) is 17.9. The first-order valence-electron chi connectivity index (χ1n) is 8.88. The van der Waals surface area contributed by atoms with E-state index in [0.29, 0.717) is 5.56 Å². The van der Waals surface area contributed by atoms with Crippen LogP contribution in [0.3, 0.4) is 0 Å². The van der Waals surface area contributed by atoms with Crippen molar-refractivity contribution in [2.45, 2.75) is 0 Å². The fourth-order valence-corrected chi connectivity index (χ4v) is 3.31. The molecule has 0 aliphatic carbocycles. The summed E-state index contributed by atoms with van der Waals surface area (Å²) in [5.74, 6) is -0.0979. The Hall–Kier alpha value is -2.92. The third-order valence-electron chi connectivity index (χ3n) is 4.93. The Kier molecular flexibility index (Phi) is 4.54. The van der Waals surface area contributed by atoms with Gasteiger partial charge in [-0.2, -0.15) is 0 Å². The fraction of sp³-hybridized carbons (Fsp3) is 0.238. The summed E-state index contributed by atoms with van der Waals surface area (Å²) < 4.78 is 0. The Morgan fingerprint density at radius 3 is 2.54 bits per heavy atom. The number of hydrogen-bond donors (Lipinski definition) is 1. The number of pyridine rings is 1. The van der Waals surface area contributed by atoms with Crippen molar-refractivity contribution in [3.8, 4) is 0 Å². The Balaban J connectivity index is 1.50. The summed E-state index contributed by atoms with van der Waals surface area (Å²) in [5, 5.41) is 5.02. The second kappa shape index (κ2) is 7.14. The molecule has 1 fully saturated rings. The molecule has 1 saturated heterocycles. The largest absolute Gasteiger partial charge is 0.369 e. The maximum absolute atomic E-state index is 12.6. The predicted molar refractivity (Wildman–Crippen MR) is 106 cm³/mol. The summed E-state index contributed by atoms with van der Waals surface area (Å²) in [4.78, 5) is 21.5. The van der Waals surface area contributed by atoms with Gasteiger partial charge in [0.15, 0.2) is 0 Å². The van der Waals surface area contributed by atoms with E-state index in [2.05, 4.69) is 27.1 Å². The second-order valence-electron chi connectivity index (χ2n) is 6.69. The van der Waals surface area contributed by atoms with Crippen LogP contribution in [0.5, 0.6) is 0 Å². The highest BCUT2D eigenvalue weighted by Gasteiger charge is 2.15. The monoisotopic (exact) mass is 346 g/mol. The first-order valence-corrected chi connectivity index (χ1v) is 8.88. The molecule has 1 amide bonds. The van der Waals surface area contributed by atoms with Gasteiger partial charge in [-0.25, -0.2) is 0 Å². The van der Waals surface area contributed by atoms with Crippen LogP contribution in [-0.2, 0) is 0 Å². The maximum Gasteiger partial charge on any atom is 0.255 e. The van der Waals surface area contributed by atoms with E-state index in [4.69, 9.17) is 0 Å². The van der Waals surface area contributed by atoms with Gasteiger partial charge in [-0.05, 0) is 43.4 Å². The van der Waals surface area contributed by atoms with Gasteiger partial charge in [-0.1, -0.05) is 12.1 Å². The molecule has 1 aliphatic rings. The Labute approximate surface area is 153 Å². The van der Waals surface area contributed by atoms with E-state index < -0.39 is 0 Å². The third kappa shape index (κ3) is 3.39. The molecular weight excluding hydrogens is 324 g/mol. The average molecular weight is 346 g/mol. The summed E-state index contributed by atoms with van der Waals surface area (Å²) in [7, 11) is 2.15. The van der Waals surface area contributed by atoms with E-state index in [-0.39, 0.29) is 5.91 Å². The molecule has 5 heteroatoms. The second-order valence-corrected chi connectivity index (χ2v) is 6.69. The lowest BCUT2D eigenvalue weighted by molar-refractivity contribution is 0.102. The number of hydrogen-bond acceptors (Lipinski definition) is 4. The first kappa shape index (κ1) is 16.5. The van der Waals surface area contributed by atoms with Gasteiger partial charge in [0.1, 0.15) is 0 Å². The maximum atomic E-state index is 12.6. The van der Waals surface area contributed by atoms with Gasteiger partial charge in [0.2, 0.25) is 0 Å².